The summed E-state index contributed by atoms with van der Waals surface area (Å²) in [7, 11) is 0. The molecule has 1 N–H and O–H groups in total. The zero-order chi connectivity index (χ0) is 14.7. The largest absolute Gasteiger partial charge is 0.307 e. The number of rotatable bonds is 3. The van der Waals surface area contributed by atoms with Gasteiger partial charge >= 0.3 is 0 Å². The van der Waals surface area contributed by atoms with Crippen molar-refractivity contribution < 1.29 is 0 Å². The summed E-state index contributed by atoms with van der Waals surface area (Å²) in [6.07, 6.45) is 11.3. The van der Waals surface area contributed by atoms with Crippen LogP contribution in [-0.2, 0) is 0 Å². The molecule has 2 unspecified atom stereocenters. The van der Waals surface area contributed by atoms with Gasteiger partial charge in [-0.25, -0.2) is 0 Å². The normalized spacial score (nSPS) is 28.7. The van der Waals surface area contributed by atoms with Crippen molar-refractivity contribution in [2.75, 3.05) is 0 Å². The van der Waals surface area contributed by atoms with Crippen LogP contribution in [0.3, 0.4) is 0 Å². The standard InChI is InChI=1S/C20H31N/c1-15-13-14-20(19-12-8-7-11-18(15)19)21-16(2)17-9-5-3-4-6-10-17/h7-8,11-12,15-17,20-21H,3-6,9-10,13-14H2,1-2H3/t15?,16-,20?/m0/s1. The van der Waals surface area contributed by atoms with Gasteiger partial charge in [0, 0.05) is 12.1 Å². The summed E-state index contributed by atoms with van der Waals surface area (Å²) < 4.78 is 0. The summed E-state index contributed by atoms with van der Waals surface area (Å²) in [5.74, 6) is 1.62. The molecule has 3 rings (SSSR count). The molecule has 0 aromatic heterocycles. The molecule has 0 bridgehead atoms. The Morgan fingerprint density at radius 1 is 0.905 bits per heavy atom. The first-order valence-electron chi connectivity index (χ1n) is 9.10. The van der Waals surface area contributed by atoms with Gasteiger partial charge in [-0.1, -0.05) is 56.9 Å². The highest BCUT2D eigenvalue weighted by molar-refractivity contribution is 5.35. The molecule has 2 aliphatic carbocycles. The van der Waals surface area contributed by atoms with Crippen molar-refractivity contribution in [3.05, 3.63) is 35.4 Å². The molecule has 1 saturated carbocycles. The van der Waals surface area contributed by atoms with Gasteiger partial charge in [-0.05, 0) is 55.6 Å². The zero-order valence-corrected chi connectivity index (χ0v) is 13.8. The molecular formula is C20H31N. The molecule has 0 radical (unpaired) electrons. The van der Waals surface area contributed by atoms with Gasteiger partial charge in [0.15, 0.2) is 0 Å². The van der Waals surface area contributed by atoms with Crippen LogP contribution in [0.4, 0.5) is 0 Å². The van der Waals surface area contributed by atoms with E-state index in [-0.39, 0.29) is 0 Å². The molecule has 3 atom stereocenters. The molecule has 1 heteroatoms. The van der Waals surface area contributed by atoms with E-state index in [9.17, 15) is 0 Å². The van der Waals surface area contributed by atoms with Crippen molar-refractivity contribution in [3.63, 3.8) is 0 Å². The summed E-state index contributed by atoms with van der Waals surface area (Å²) in [5.41, 5.74) is 3.14. The third kappa shape index (κ3) is 3.51. The smallest absolute Gasteiger partial charge is 0.0325 e. The van der Waals surface area contributed by atoms with E-state index in [4.69, 9.17) is 0 Å². The summed E-state index contributed by atoms with van der Waals surface area (Å²) in [5, 5.41) is 3.99. The van der Waals surface area contributed by atoms with Crippen molar-refractivity contribution in [1.82, 2.24) is 5.32 Å². The minimum atomic E-state index is 0.579. The Morgan fingerprint density at radius 3 is 2.29 bits per heavy atom. The van der Waals surface area contributed by atoms with Gasteiger partial charge in [-0.2, -0.15) is 0 Å². The van der Waals surface area contributed by atoms with Crippen LogP contribution >= 0.6 is 0 Å². The van der Waals surface area contributed by atoms with Crippen LogP contribution in [0, 0.1) is 5.92 Å². The van der Waals surface area contributed by atoms with Gasteiger partial charge in [0.1, 0.15) is 0 Å². The maximum absolute atomic E-state index is 3.99. The lowest BCUT2D eigenvalue weighted by atomic mass is 9.80. The van der Waals surface area contributed by atoms with E-state index in [1.165, 1.54) is 51.4 Å². The molecule has 1 aromatic rings. The minimum absolute atomic E-state index is 0.579. The van der Waals surface area contributed by atoms with E-state index in [0.29, 0.717) is 12.1 Å². The van der Waals surface area contributed by atoms with Gasteiger partial charge < -0.3 is 5.32 Å². The van der Waals surface area contributed by atoms with E-state index in [1.54, 1.807) is 11.1 Å². The summed E-state index contributed by atoms with van der Waals surface area (Å²) >= 11 is 0. The molecule has 0 saturated heterocycles. The van der Waals surface area contributed by atoms with Gasteiger partial charge in [0.2, 0.25) is 0 Å². The maximum atomic E-state index is 3.99. The highest BCUT2D eigenvalue weighted by Gasteiger charge is 2.27. The summed E-state index contributed by atoms with van der Waals surface area (Å²) in [4.78, 5) is 0. The highest BCUT2D eigenvalue weighted by atomic mass is 15.0. The second-order valence-electron chi connectivity index (χ2n) is 7.37. The first kappa shape index (κ1) is 15.1. The van der Waals surface area contributed by atoms with Crippen molar-refractivity contribution in [2.45, 2.75) is 83.2 Å². The molecule has 1 aromatic carbocycles. The van der Waals surface area contributed by atoms with Crippen molar-refractivity contribution in [3.8, 4) is 0 Å². The molecule has 2 aliphatic rings. The Bertz CT molecular complexity index is 445. The minimum Gasteiger partial charge on any atom is -0.307 e. The summed E-state index contributed by atoms with van der Waals surface area (Å²) in [6, 6.07) is 10.3. The quantitative estimate of drug-likeness (QED) is 0.715. The van der Waals surface area contributed by atoms with Crippen molar-refractivity contribution in [1.29, 1.82) is 0 Å². The number of fused-ring (bicyclic) bond motifs is 1. The number of hydrogen-bond donors (Lipinski definition) is 1. The Morgan fingerprint density at radius 2 is 1.57 bits per heavy atom. The third-order valence-corrected chi connectivity index (χ3v) is 5.86. The molecule has 21 heavy (non-hydrogen) atoms. The molecule has 1 nitrogen and oxygen atoms in total. The fourth-order valence-electron chi connectivity index (χ4n) is 4.44. The molecule has 1 fully saturated rings. The number of benzene rings is 1. The zero-order valence-electron chi connectivity index (χ0n) is 13.8. The first-order valence-corrected chi connectivity index (χ1v) is 9.10. The predicted molar refractivity (Wildman–Crippen MR) is 90.6 cm³/mol. The number of hydrogen-bond acceptors (Lipinski definition) is 1. The Kier molecular flexibility index (Phi) is 5.00. The molecule has 0 heterocycles. The first-order chi connectivity index (χ1) is 10.3. The average Bonchev–Trinajstić information content (AvgIpc) is 2.79. The van der Waals surface area contributed by atoms with E-state index < -0.39 is 0 Å². The van der Waals surface area contributed by atoms with Crippen LogP contribution in [0.15, 0.2) is 24.3 Å². The molecule has 0 aliphatic heterocycles. The fraction of sp³-hybridized carbons (Fsp3) is 0.700. The maximum Gasteiger partial charge on any atom is 0.0325 e. The lowest BCUT2D eigenvalue weighted by Gasteiger charge is -2.34. The van der Waals surface area contributed by atoms with E-state index in [0.717, 1.165) is 11.8 Å². The molecule has 0 amide bonds. The average molecular weight is 285 g/mol. The lowest BCUT2D eigenvalue weighted by molar-refractivity contribution is 0.292. The van der Waals surface area contributed by atoms with E-state index in [1.807, 2.05) is 0 Å². The molecule has 116 valence electrons. The number of nitrogens with one attached hydrogen (secondary N) is 1. The fourth-order valence-corrected chi connectivity index (χ4v) is 4.44. The summed E-state index contributed by atoms with van der Waals surface area (Å²) in [6.45, 7) is 4.81. The molecule has 0 spiro atoms. The highest BCUT2D eigenvalue weighted by Crippen LogP contribution is 2.38. The van der Waals surface area contributed by atoms with Gasteiger partial charge in [0.05, 0.1) is 0 Å². The van der Waals surface area contributed by atoms with Crippen LogP contribution in [0.5, 0.6) is 0 Å². The van der Waals surface area contributed by atoms with Crippen LogP contribution in [0.2, 0.25) is 0 Å². The Labute approximate surface area is 130 Å². The Hall–Kier alpha value is -0.820. The lowest BCUT2D eigenvalue weighted by Crippen LogP contribution is -2.38. The van der Waals surface area contributed by atoms with Crippen LogP contribution in [-0.4, -0.2) is 6.04 Å². The van der Waals surface area contributed by atoms with Crippen molar-refractivity contribution in [2.24, 2.45) is 5.92 Å². The van der Waals surface area contributed by atoms with Crippen LogP contribution < -0.4 is 5.32 Å². The third-order valence-electron chi connectivity index (χ3n) is 5.86. The second-order valence-corrected chi connectivity index (χ2v) is 7.37. The Balaban J connectivity index is 1.68. The van der Waals surface area contributed by atoms with Gasteiger partial charge in [-0.15, -0.1) is 0 Å². The van der Waals surface area contributed by atoms with Crippen LogP contribution in [0.25, 0.3) is 0 Å². The van der Waals surface area contributed by atoms with Gasteiger partial charge in [0.25, 0.3) is 0 Å². The monoisotopic (exact) mass is 285 g/mol. The second kappa shape index (κ2) is 6.96. The van der Waals surface area contributed by atoms with Crippen molar-refractivity contribution >= 4 is 0 Å². The van der Waals surface area contributed by atoms with E-state index >= 15 is 0 Å². The predicted octanol–water partition coefficient (Wildman–Crippen LogP) is 5.57. The molecular weight excluding hydrogens is 254 g/mol. The van der Waals surface area contributed by atoms with Gasteiger partial charge in [-0.3, -0.25) is 0 Å². The SMILES string of the molecule is CC1CCC(N[C@@H](C)C2CCCCCC2)c2ccccc21. The van der Waals surface area contributed by atoms with Crippen LogP contribution in [0.1, 0.15) is 88.3 Å². The van der Waals surface area contributed by atoms with E-state index in [2.05, 4.69) is 43.4 Å². The topological polar surface area (TPSA) is 12.0 Å².